The highest BCUT2D eigenvalue weighted by Crippen LogP contribution is 2.42. The lowest BCUT2D eigenvalue weighted by Gasteiger charge is -2.24. The molecule has 3 rings (SSSR count). The number of rotatable bonds is 7. The Morgan fingerprint density at radius 2 is 2.08 bits per heavy atom. The zero-order valence-electron chi connectivity index (χ0n) is 15.0. The predicted octanol–water partition coefficient (Wildman–Crippen LogP) is 2.76. The van der Waals surface area contributed by atoms with Crippen molar-refractivity contribution in [2.45, 2.75) is 45.1 Å². The van der Waals surface area contributed by atoms with E-state index < -0.39 is 12.0 Å². The van der Waals surface area contributed by atoms with Gasteiger partial charge >= 0.3 is 5.97 Å². The molecule has 1 aliphatic heterocycles. The maximum Gasteiger partial charge on any atom is 0.326 e. The van der Waals surface area contributed by atoms with Crippen LogP contribution in [0.25, 0.3) is 0 Å². The summed E-state index contributed by atoms with van der Waals surface area (Å²) in [7, 11) is 0. The average molecular weight is 359 g/mol. The van der Waals surface area contributed by atoms with Crippen molar-refractivity contribution in [3.05, 3.63) is 29.8 Å². The van der Waals surface area contributed by atoms with Crippen LogP contribution in [0.3, 0.4) is 0 Å². The van der Waals surface area contributed by atoms with Gasteiger partial charge in [-0.25, -0.2) is 4.79 Å². The summed E-state index contributed by atoms with van der Waals surface area (Å²) < 4.78 is 5.62. The number of ketones is 1. The number of fused-ring (bicyclic) bond motifs is 1. The maximum atomic E-state index is 12.5. The quantitative estimate of drug-likeness (QED) is 0.598. The molecule has 1 N–H and O–H groups in total. The van der Waals surface area contributed by atoms with Gasteiger partial charge in [0, 0.05) is 18.5 Å². The fourth-order valence-electron chi connectivity index (χ4n) is 4.24. The molecular weight excluding hydrogens is 334 g/mol. The lowest BCUT2D eigenvalue weighted by atomic mass is 9.94. The largest absolute Gasteiger partial charge is 0.494 e. The van der Waals surface area contributed by atoms with Gasteiger partial charge in [-0.15, -0.1) is 0 Å². The van der Waals surface area contributed by atoms with Gasteiger partial charge in [-0.05, 0) is 50.2 Å². The molecule has 1 saturated heterocycles. The first kappa shape index (κ1) is 18.4. The van der Waals surface area contributed by atoms with E-state index in [4.69, 9.17) is 4.74 Å². The number of carbonyl (C=O) groups is 3. The number of nitrogens with zero attached hydrogens (tertiary/aromatic N) is 1. The van der Waals surface area contributed by atoms with Gasteiger partial charge in [0.2, 0.25) is 5.91 Å². The Labute approximate surface area is 153 Å². The van der Waals surface area contributed by atoms with Crippen molar-refractivity contribution in [1.82, 2.24) is 4.90 Å². The molecule has 140 valence electrons. The smallest absolute Gasteiger partial charge is 0.326 e. The van der Waals surface area contributed by atoms with Crippen LogP contribution in [0.4, 0.5) is 0 Å². The average Bonchev–Trinajstić information content (AvgIpc) is 3.19. The molecular formula is C20H25NO5. The highest BCUT2D eigenvalue weighted by Gasteiger charge is 2.49. The van der Waals surface area contributed by atoms with Crippen molar-refractivity contribution in [3.63, 3.8) is 0 Å². The van der Waals surface area contributed by atoms with E-state index in [2.05, 4.69) is 0 Å². The number of amides is 1. The fourth-order valence-corrected chi connectivity index (χ4v) is 4.24. The second-order valence-corrected chi connectivity index (χ2v) is 7.22. The fraction of sp³-hybridized carbons (Fsp3) is 0.550. The van der Waals surface area contributed by atoms with Gasteiger partial charge < -0.3 is 14.7 Å². The van der Waals surface area contributed by atoms with E-state index in [0.717, 1.165) is 19.3 Å². The molecule has 0 bridgehead atoms. The van der Waals surface area contributed by atoms with E-state index in [0.29, 0.717) is 36.8 Å². The van der Waals surface area contributed by atoms with Crippen molar-refractivity contribution in [2.75, 3.05) is 13.2 Å². The van der Waals surface area contributed by atoms with Crippen LogP contribution in [0, 0.1) is 11.8 Å². The standard InChI is InChI=1S/C20H25NO5/c1-13(22)14-5-2-7-16(11-14)26-10-4-9-18(23)21-12-15-6-3-8-17(15)19(21)20(24)25/h2,5,7,11,15,17,19H,3-4,6,8-10,12H2,1H3,(H,24,25). The van der Waals surface area contributed by atoms with Crippen LogP contribution in [-0.4, -0.2) is 46.9 Å². The minimum Gasteiger partial charge on any atom is -0.494 e. The molecule has 1 aromatic rings. The molecule has 1 amide bonds. The van der Waals surface area contributed by atoms with Crippen molar-refractivity contribution < 1.29 is 24.2 Å². The molecule has 1 heterocycles. The van der Waals surface area contributed by atoms with E-state index >= 15 is 0 Å². The third-order valence-corrected chi connectivity index (χ3v) is 5.51. The van der Waals surface area contributed by atoms with Gasteiger partial charge in [-0.3, -0.25) is 9.59 Å². The summed E-state index contributed by atoms with van der Waals surface area (Å²) in [5.41, 5.74) is 0.589. The van der Waals surface area contributed by atoms with E-state index in [1.54, 1.807) is 29.2 Å². The zero-order valence-corrected chi connectivity index (χ0v) is 15.0. The van der Waals surface area contributed by atoms with Gasteiger partial charge in [0.1, 0.15) is 11.8 Å². The third kappa shape index (κ3) is 3.89. The molecule has 3 unspecified atom stereocenters. The van der Waals surface area contributed by atoms with Crippen molar-refractivity contribution >= 4 is 17.7 Å². The number of hydrogen-bond acceptors (Lipinski definition) is 4. The summed E-state index contributed by atoms with van der Waals surface area (Å²) in [6.07, 6.45) is 3.78. The highest BCUT2D eigenvalue weighted by molar-refractivity contribution is 5.94. The second kappa shape index (κ2) is 7.89. The second-order valence-electron chi connectivity index (χ2n) is 7.22. The summed E-state index contributed by atoms with van der Waals surface area (Å²) in [5, 5.41) is 9.52. The van der Waals surface area contributed by atoms with Crippen molar-refractivity contribution in [1.29, 1.82) is 0 Å². The van der Waals surface area contributed by atoms with Crippen LogP contribution in [0.15, 0.2) is 24.3 Å². The number of Topliss-reactive ketones (excluding diaryl/α,β-unsaturated/α-hetero) is 1. The Morgan fingerprint density at radius 3 is 2.81 bits per heavy atom. The molecule has 1 saturated carbocycles. The van der Waals surface area contributed by atoms with Gasteiger partial charge in [0.25, 0.3) is 0 Å². The number of aliphatic carboxylic acids is 1. The number of carbonyl (C=O) groups excluding carboxylic acids is 2. The molecule has 26 heavy (non-hydrogen) atoms. The summed E-state index contributed by atoms with van der Waals surface area (Å²) in [6.45, 7) is 2.43. The summed E-state index contributed by atoms with van der Waals surface area (Å²) in [6, 6.07) is 6.29. The number of carboxylic acids is 1. The molecule has 3 atom stereocenters. The van der Waals surface area contributed by atoms with E-state index in [1.165, 1.54) is 6.92 Å². The van der Waals surface area contributed by atoms with Crippen LogP contribution in [-0.2, 0) is 9.59 Å². The molecule has 0 aromatic heterocycles. The van der Waals surface area contributed by atoms with Gasteiger partial charge in [-0.1, -0.05) is 18.6 Å². The molecule has 2 fully saturated rings. The Hall–Kier alpha value is -2.37. The lowest BCUT2D eigenvalue weighted by Crippen LogP contribution is -2.43. The Bertz CT molecular complexity index is 701. The minimum atomic E-state index is -0.884. The summed E-state index contributed by atoms with van der Waals surface area (Å²) in [5.74, 6) is 0.0414. The molecule has 0 radical (unpaired) electrons. The molecule has 0 spiro atoms. The molecule has 6 nitrogen and oxygen atoms in total. The van der Waals surface area contributed by atoms with Gasteiger partial charge in [0.05, 0.1) is 6.61 Å². The molecule has 6 heteroatoms. The molecule has 1 aromatic carbocycles. The number of benzene rings is 1. The summed E-state index contributed by atoms with van der Waals surface area (Å²) in [4.78, 5) is 37.1. The normalized spacial score (nSPS) is 24.3. The van der Waals surface area contributed by atoms with Crippen LogP contribution in [0.2, 0.25) is 0 Å². The van der Waals surface area contributed by atoms with Crippen molar-refractivity contribution in [3.8, 4) is 5.75 Å². The molecule has 2 aliphatic rings. The van der Waals surface area contributed by atoms with Crippen LogP contribution >= 0.6 is 0 Å². The van der Waals surface area contributed by atoms with Crippen molar-refractivity contribution in [2.24, 2.45) is 11.8 Å². The lowest BCUT2D eigenvalue weighted by molar-refractivity contribution is -0.149. The minimum absolute atomic E-state index is 0.0232. The first-order valence-electron chi connectivity index (χ1n) is 9.23. The molecule has 1 aliphatic carbocycles. The SMILES string of the molecule is CC(=O)c1cccc(OCCCC(=O)N2CC3CCCC3C2C(=O)O)c1. The van der Waals surface area contributed by atoms with Gasteiger partial charge in [-0.2, -0.15) is 0 Å². The number of ether oxygens (including phenoxy) is 1. The van der Waals surface area contributed by atoms with E-state index in [1.807, 2.05) is 0 Å². The third-order valence-electron chi connectivity index (χ3n) is 5.51. The van der Waals surface area contributed by atoms with E-state index in [-0.39, 0.29) is 24.0 Å². The Balaban J connectivity index is 1.49. The first-order valence-corrected chi connectivity index (χ1v) is 9.23. The monoisotopic (exact) mass is 359 g/mol. The van der Waals surface area contributed by atoms with Crippen LogP contribution in [0.5, 0.6) is 5.75 Å². The number of carboxylic acid groups (broad SMARTS) is 1. The highest BCUT2D eigenvalue weighted by atomic mass is 16.5. The topological polar surface area (TPSA) is 83.9 Å². The zero-order chi connectivity index (χ0) is 18.7. The Kier molecular flexibility index (Phi) is 5.59. The van der Waals surface area contributed by atoms with Crippen LogP contribution in [0.1, 0.15) is 49.4 Å². The van der Waals surface area contributed by atoms with Crippen LogP contribution < -0.4 is 4.74 Å². The predicted molar refractivity (Wildman–Crippen MR) is 95.1 cm³/mol. The first-order chi connectivity index (χ1) is 12.5. The maximum absolute atomic E-state index is 12.5. The Morgan fingerprint density at radius 1 is 1.27 bits per heavy atom. The number of hydrogen-bond donors (Lipinski definition) is 1. The van der Waals surface area contributed by atoms with Gasteiger partial charge in [0.15, 0.2) is 5.78 Å². The number of likely N-dealkylation sites (tertiary alicyclic amines) is 1. The summed E-state index contributed by atoms with van der Waals surface area (Å²) >= 11 is 0. The van der Waals surface area contributed by atoms with E-state index in [9.17, 15) is 19.5 Å².